The van der Waals surface area contributed by atoms with Crippen molar-refractivity contribution in [1.29, 1.82) is 0 Å². The van der Waals surface area contributed by atoms with Crippen molar-refractivity contribution in [3.8, 4) is 11.1 Å². The summed E-state index contributed by atoms with van der Waals surface area (Å²) in [6.07, 6.45) is 3.01. The van der Waals surface area contributed by atoms with Gasteiger partial charge in [-0.15, -0.1) is 0 Å². The minimum absolute atomic E-state index is 0.0727. The van der Waals surface area contributed by atoms with Crippen LogP contribution in [0.5, 0.6) is 0 Å². The minimum Gasteiger partial charge on any atom is -0.375 e. The number of hydrogen-bond acceptors (Lipinski definition) is 6. The normalized spacial score (nSPS) is 10.4. The molecule has 1 aromatic heterocycles. The van der Waals surface area contributed by atoms with Crippen LogP contribution in [-0.4, -0.2) is 14.9 Å². The lowest BCUT2D eigenvalue weighted by Crippen LogP contribution is -2.03. The first-order chi connectivity index (χ1) is 12.0. The first-order valence-corrected chi connectivity index (χ1v) is 7.37. The van der Waals surface area contributed by atoms with E-state index in [0.717, 1.165) is 5.56 Å². The number of nitro benzene ring substituents is 1. The fraction of sp³-hybridized carbons (Fsp3) is 0.0588. The third kappa shape index (κ3) is 3.86. The summed E-state index contributed by atoms with van der Waals surface area (Å²) >= 11 is 0. The van der Waals surface area contributed by atoms with Crippen molar-refractivity contribution in [2.75, 3.05) is 11.1 Å². The van der Waals surface area contributed by atoms with Crippen LogP contribution in [-0.2, 0) is 6.54 Å². The van der Waals surface area contributed by atoms with Crippen LogP contribution in [0.3, 0.4) is 0 Å². The van der Waals surface area contributed by atoms with Crippen molar-refractivity contribution >= 4 is 17.3 Å². The summed E-state index contributed by atoms with van der Waals surface area (Å²) in [6, 6.07) is 10.7. The van der Waals surface area contributed by atoms with Gasteiger partial charge < -0.3 is 11.1 Å². The van der Waals surface area contributed by atoms with E-state index in [1.165, 1.54) is 30.6 Å². The summed E-state index contributed by atoms with van der Waals surface area (Å²) in [4.78, 5) is 18.7. The molecule has 0 amide bonds. The van der Waals surface area contributed by atoms with Gasteiger partial charge in [-0.2, -0.15) is 0 Å². The number of nitrogens with two attached hydrogens (primary N) is 1. The molecule has 0 fully saturated rings. The molecule has 7 nitrogen and oxygen atoms in total. The Labute approximate surface area is 142 Å². The van der Waals surface area contributed by atoms with Crippen LogP contribution in [0.25, 0.3) is 11.1 Å². The zero-order valence-electron chi connectivity index (χ0n) is 13.0. The molecule has 0 radical (unpaired) electrons. The van der Waals surface area contributed by atoms with Crippen molar-refractivity contribution < 1.29 is 9.31 Å². The Hall–Kier alpha value is -3.55. The van der Waals surface area contributed by atoms with Crippen LogP contribution in [0.1, 0.15) is 5.56 Å². The van der Waals surface area contributed by atoms with Crippen molar-refractivity contribution in [2.45, 2.75) is 6.54 Å². The Bertz CT molecular complexity index is 898. The van der Waals surface area contributed by atoms with Gasteiger partial charge in [0.25, 0.3) is 5.69 Å². The van der Waals surface area contributed by atoms with Gasteiger partial charge in [-0.1, -0.05) is 18.2 Å². The highest BCUT2D eigenvalue weighted by atomic mass is 19.1. The highest BCUT2D eigenvalue weighted by Gasteiger charge is 2.15. The van der Waals surface area contributed by atoms with Gasteiger partial charge in [-0.3, -0.25) is 10.1 Å². The summed E-state index contributed by atoms with van der Waals surface area (Å²) in [5, 5.41) is 14.4. The third-order valence-corrected chi connectivity index (χ3v) is 3.60. The first-order valence-electron chi connectivity index (χ1n) is 7.37. The maximum Gasteiger partial charge on any atom is 0.292 e. The lowest BCUT2D eigenvalue weighted by atomic mass is 10.1. The summed E-state index contributed by atoms with van der Waals surface area (Å²) in [5.74, 6) is -0.194. The van der Waals surface area contributed by atoms with E-state index in [-0.39, 0.29) is 17.5 Å². The van der Waals surface area contributed by atoms with Crippen LogP contribution < -0.4 is 11.1 Å². The molecular weight excluding hydrogens is 325 g/mol. The fourth-order valence-electron chi connectivity index (χ4n) is 2.30. The molecule has 0 aliphatic carbocycles. The molecule has 8 heteroatoms. The van der Waals surface area contributed by atoms with E-state index < -0.39 is 4.92 Å². The Morgan fingerprint density at radius 1 is 1.08 bits per heavy atom. The number of nitro groups is 1. The number of nitrogens with zero attached hydrogens (tertiary/aromatic N) is 3. The molecule has 0 aliphatic heterocycles. The molecule has 0 atom stereocenters. The minimum atomic E-state index is -0.464. The van der Waals surface area contributed by atoms with Gasteiger partial charge in [-0.25, -0.2) is 14.4 Å². The maximum absolute atomic E-state index is 12.9. The molecule has 0 bridgehead atoms. The molecule has 3 N–H and O–H groups in total. The van der Waals surface area contributed by atoms with E-state index >= 15 is 0 Å². The Morgan fingerprint density at radius 3 is 2.40 bits per heavy atom. The zero-order chi connectivity index (χ0) is 17.8. The van der Waals surface area contributed by atoms with Crippen molar-refractivity contribution in [1.82, 2.24) is 9.97 Å². The van der Waals surface area contributed by atoms with E-state index in [1.807, 2.05) is 0 Å². The summed E-state index contributed by atoms with van der Waals surface area (Å²) < 4.78 is 12.9. The van der Waals surface area contributed by atoms with Gasteiger partial charge in [0.15, 0.2) is 0 Å². The van der Waals surface area contributed by atoms with Gasteiger partial charge in [-0.05, 0) is 29.3 Å². The summed E-state index contributed by atoms with van der Waals surface area (Å²) in [7, 11) is 0. The average molecular weight is 339 g/mol. The number of benzene rings is 2. The molecule has 0 aliphatic rings. The van der Waals surface area contributed by atoms with E-state index in [1.54, 1.807) is 24.3 Å². The standard InChI is InChI=1S/C17H14FN5O2/c18-14-4-1-11(2-5-14)8-20-15-6-3-12(7-16(15)23(24)25)13-9-21-17(19)22-10-13/h1-7,9-10,20H,8H2,(H2,19,21,22). The smallest absolute Gasteiger partial charge is 0.292 e. The predicted octanol–water partition coefficient (Wildman–Crippen LogP) is 3.39. The molecule has 0 saturated heterocycles. The molecule has 25 heavy (non-hydrogen) atoms. The van der Waals surface area contributed by atoms with Gasteiger partial charge in [0.05, 0.1) is 4.92 Å². The van der Waals surface area contributed by atoms with Crippen molar-refractivity contribution in [3.63, 3.8) is 0 Å². The quantitative estimate of drug-likeness (QED) is 0.545. The van der Waals surface area contributed by atoms with Crippen LogP contribution in [0.15, 0.2) is 54.9 Å². The van der Waals surface area contributed by atoms with E-state index in [2.05, 4.69) is 15.3 Å². The van der Waals surface area contributed by atoms with Crippen LogP contribution in [0, 0.1) is 15.9 Å². The van der Waals surface area contributed by atoms with E-state index in [4.69, 9.17) is 5.73 Å². The van der Waals surface area contributed by atoms with Crippen LogP contribution in [0.2, 0.25) is 0 Å². The number of nitrogens with one attached hydrogen (secondary N) is 1. The SMILES string of the molecule is Nc1ncc(-c2ccc(NCc3ccc(F)cc3)c([N+](=O)[O-])c2)cn1. The van der Waals surface area contributed by atoms with Gasteiger partial charge in [0.1, 0.15) is 11.5 Å². The van der Waals surface area contributed by atoms with Crippen LogP contribution >= 0.6 is 0 Å². The molecule has 0 saturated carbocycles. The monoisotopic (exact) mass is 339 g/mol. The molecule has 126 valence electrons. The lowest BCUT2D eigenvalue weighted by Gasteiger charge is -2.09. The molecule has 1 heterocycles. The summed E-state index contributed by atoms with van der Waals surface area (Å²) in [6.45, 7) is 0.339. The Morgan fingerprint density at radius 2 is 1.76 bits per heavy atom. The average Bonchev–Trinajstić information content (AvgIpc) is 2.62. The number of nitrogen functional groups attached to an aromatic ring is 1. The topological polar surface area (TPSA) is 107 Å². The third-order valence-electron chi connectivity index (χ3n) is 3.60. The number of hydrogen-bond donors (Lipinski definition) is 2. The molecular formula is C17H14FN5O2. The second kappa shape index (κ2) is 6.91. The van der Waals surface area contributed by atoms with Gasteiger partial charge >= 0.3 is 0 Å². The fourth-order valence-corrected chi connectivity index (χ4v) is 2.30. The lowest BCUT2D eigenvalue weighted by molar-refractivity contribution is -0.383. The number of halogens is 1. The first kappa shape index (κ1) is 16.3. The highest BCUT2D eigenvalue weighted by Crippen LogP contribution is 2.30. The number of rotatable bonds is 5. The van der Waals surface area contributed by atoms with Gasteiger partial charge in [0, 0.05) is 30.6 Å². The highest BCUT2D eigenvalue weighted by molar-refractivity contribution is 5.72. The van der Waals surface area contributed by atoms with E-state index in [9.17, 15) is 14.5 Å². The van der Waals surface area contributed by atoms with Crippen LogP contribution in [0.4, 0.5) is 21.7 Å². The summed E-state index contributed by atoms with van der Waals surface area (Å²) in [5.41, 5.74) is 7.79. The largest absolute Gasteiger partial charge is 0.375 e. The Balaban J connectivity index is 1.85. The predicted molar refractivity (Wildman–Crippen MR) is 92.3 cm³/mol. The van der Waals surface area contributed by atoms with Gasteiger partial charge in [0.2, 0.25) is 5.95 Å². The number of anilines is 2. The molecule has 3 aromatic rings. The van der Waals surface area contributed by atoms with E-state index in [0.29, 0.717) is 23.4 Å². The zero-order valence-corrected chi connectivity index (χ0v) is 13.0. The molecule has 0 unspecified atom stereocenters. The van der Waals surface area contributed by atoms with Crippen molar-refractivity contribution in [2.24, 2.45) is 0 Å². The molecule has 0 spiro atoms. The maximum atomic E-state index is 12.9. The number of aromatic nitrogens is 2. The second-order valence-corrected chi connectivity index (χ2v) is 5.30. The molecule has 2 aromatic carbocycles. The second-order valence-electron chi connectivity index (χ2n) is 5.30. The Kier molecular flexibility index (Phi) is 4.51. The molecule has 3 rings (SSSR count). The van der Waals surface area contributed by atoms with Crippen molar-refractivity contribution in [3.05, 3.63) is 76.4 Å².